The number of nitrogens with zero attached hydrogens (tertiary/aromatic N) is 2. The number of carbonyl (C=O) groups is 5. The van der Waals surface area contributed by atoms with Crippen LogP contribution in [0, 0.1) is 11.8 Å². The third kappa shape index (κ3) is 12.3. The summed E-state index contributed by atoms with van der Waals surface area (Å²) in [5.74, 6) is -2.62. The fourth-order valence-corrected chi connectivity index (χ4v) is 8.77. The van der Waals surface area contributed by atoms with E-state index < -0.39 is 59.5 Å². The lowest BCUT2D eigenvalue weighted by Gasteiger charge is -2.39. The lowest BCUT2D eigenvalue weighted by atomic mass is 9.65. The first-order chi connectivity index (χ1) is 33.0. The zero-order valence-electron chi connectivity index (χ0n) is 37.7. The number of aromatic hydroxyl groups is 2. The van der Waals surface area contributed by atoms with Gasteiger partial charge in [-0.2, -0.15) is 0 Å². The molecule has 0 spiro atoms. The minimum atomic E-state index is -1.09. The predicted molar refractivity (Wildman–Crippen MR) is 243 cm³/mol. The number of carbonyl (C=O) groups excluding carboxylic acids is 4. The molecule has 7 rings (SSSR count). The van der Waals surface area contributed by atoms with E-state index in [0.29, 0.717) is 73.5 Å². The molecule has 1 saturated heterocycles. The van der Waals surface area contributed by atoms with E-state index in [1.165, 1.54) is 18.1 Å². The van der Waals surface area contributed by atoms with Crippen LogP contribution in [0.3, 0.4) is 0 Å². The largest absolute Gasteiger partial charge is 0.504 e. The molecule has 19 heteroatoms. The number of carboxylic acid groups (broad SMARTS) is 1. The Labute approximate surface area is 393 Å². The summed E-state index contributed by atoms with van der Waals surface area (Å²) in [5.41, 5.74) is 3.51. The van der Waals surface area contributed by atoms with Gasteiger partial charge in [0.05, 0.1) is 32.2 Å². The summed E-state index contributed by atoms with van der Waals surface area (Å²) in [5, 5.41) is 39.7. The van der Waals surface area contributed by atoms with Gasteiger partial charge in [0.2, 0.25) is 18.4 Å². The van der Waals surface area contributed by atoms with E-state index in [9.17, 15) is 39.3 Å². The molecule has 2 aliphatic heterocycles. The number of nitrogens with one attached hydrogen (secondary N) is 3. The minimum Gasteiger partial charge on any atom is -0.504 e. The molecule has 4 aromatic carbocycles. The van der Waals surface area contributed by atoms with Crippen LogP contribution in [0.15, 0.2) is 84.9 Å². The number of methoxy groups -OCH3 is 1. The maximum atomic E-state index is 13.6. The molecule has 68 heavy (non-hydrogen) atoms. The Kier molecular flexibility index (Phi) is 16.7. The lowest BCUT2D eigenvalue weighted by molar-refractivity contribution is -0.141. The molecular weight excluding hydrogens is 883 g/mol. The van der Waals surface area contributed by atoms with Gasteiger partial charge in [-0.05, 0) is 84.3 Å². The van der Waals surface area contributed by atoms with Crippen LogP contribution in [0.1, 0.15) is 65.5 Å². The summed E-state index contributed by atoms with van der Waals surface area (Å²) >= 11 is 0. The van der Waals surface area contributed by atoms with Crippen LogP contribution >= 0.6 is 0 Å². The zero-order chi connectivity index (χ0) is 48.0. The number of phenolic OH excluding ortho intramolecular Hbond substituents is 2. The number of cyclic esters (lactones) is 1. The van der Waals surface area contributed by atoms with Crippen molar-refractivity contribution in [2.45, 2.75) is 50.9 Å². The van der Waals surface area contributed by atoms with E-state index in [2.05, 4.69) is 16.0 Å². The number of amides is 4. The van der Waals surface area contributed by atoms with Gasteiger partial charge >= 0.3 is 24.2 Å². The first-order valence-electron chi connectivity index (χ1n) is 22.6. The van der Waals surface area contributed by atoms with Crippen LogP contribution in [0.2, 0.25) is 0 Å². The van der Waals surface area contributed by atoms with Gasteiger partial charge in [-0.1, -0.05) is 60.7 Å². The first kappa shape index (κ1) is 48.5. The van der Waals surface area contributed by atoms with Gasteiger partial charge in [-0.25, -0.2) is 14.4 Å². The number of ether oxygens (including phenoxy) is 6. The molecule has 362 valence electrons. The third-order valence-electron chi connectivity index (χ3n) is 12.2. The number of phenols is 2. The van der Waals surface area contributed by atoms with Gasteiger partial charge in [0.1, 0.15) is 13.2 Å². The topological polar surface area (TPSA) is 244 Å². The number of alkyl carbamates (subject to hydrolysis) is 1. The van der Waals surface area contributed by atoms with Crippen LogP contribution in [0.5, 0.6) is 28.7 Å². The van der Waals surface area contributed by atoms with Crippen molar-refractivity contribution in [2.24, 2.45) is 11.8 Å². The van der Waals surface area contributed by atoms with Crippen molar-refractivity contribution < 1.29 is 67.7 Å². The Morgan fingerprint density at radius 3 is 2.04 bits per heavy atom. The second kappa shape index (κ2) is 23.4. The highest BCUT2D eigenvalue weighted by molar-refractivity contribution is 5.82. The quantitative estimate of drug-likeness (QED) is 0.0242. The second-order valence-electron chi connectivity index (χ2n) is 16.6. The van der Waals surface area contributed by atoms with Crippen LogP contribution in [0.4, 0.5) is 14.4 Å². The molecule has 1 aliphatic carbocycles. The third-order valence-corrected chi connectivity index (χ3v) is 12.2. The summed E-state index contributed by atoms with van der Waals surface area (Å²) in [4.78, 5) is 67.4. The van der Waals surface area contributed by atoms with Crippen molar-refractivity contribution in [3.8, 4) is 28.7 Å². The molecule has 4 aromatic rings. The van der Waals surface area contributed by atoms with Crippen LogP contribution in [-0.2, 0) is 37.0 Å². The number of rotatable bonds is 22. The number of unbranched alkanes of at least 4 members (excludes halogenated alkanes) is 1. The summed E-state index contributed by atoms with van der Waals surface area (Å²) in [6, 6.07) is 24.4. The number of hydrogen-bond acceptors (Lipinski definition) is 14. The van der Waals surface area contributed by atoms with E-state index in [1.807, 2.05) is 60.7 Å². The second-order valence-corrected chi connectivity index (χ2v) is 16.6. The van der Waals surface area contributed by atoms with Crippen molar-refractivity contribution in [3.05, 3.63) is 113 Å². The standard InChI is InChI=1S/C49H57N5O14/c1-63-40-23-33(22-37(55)45(40)57)42-34-24-38-39(68-30-67-38)25-35(34)44(36-29-64-46(58)43(36)42)52-41(56)26-50-16-10-21-54(49(62)66-28-32-14-6-3-7-15-32)19-9-8-18-53(48(60)61)20-11-17-51-47(59)65-27-31-12-4-2-5-13-31/h2-7,12-15,22-25,36,42-44,50,55,57H,8-11,16-21,26-30H2,1H3,(H,51,59)(H,52,56)(H,60,61). The molecule has 19 nitrogen and oxygen atoms in total. The van der Waals surface area contributed by atoms with E-state index in [-0.39, 0.29) is 64.4 Å². The van der Waals surface area contributed by atoms with Crippen molar-refractivity contribution in [1.82, 2.24) is 25.8 Å². The summed E-state index contributed by atoms with van der Waals surface area (Å²) in [6.45, 7) is 1.76. The number of fused-ring (bicyclic) bond motifs is 3. The molecule has 1 fully saturated rings. The first-order valence-corrected chi connectivity index (χ1v) is 22.6. The van der Waals surface area contributed by atoms with Crippen LogP contribution in [0.25, 0.3) is 0 Å². The number of benzene rings is 4. The highest BCUT2D eigenvalue weighted by Gasteiger charge is 2.53. The van der Waals surface area contributed by atoms with Crippen LogP contribution in [-0.4, -0.2) is 122 Å². The number of esters is 1. The molecule has 0 saturated carbocycles. The predicted octanol–water partition coefficient (Wildman–Crippen LogP) is 5.62. The maximum absolute atomic E-state index is 13.6. The van der Waals surface area contributed by atoms with Crippen molar-refractivity contribution >= 4 is 30.2 Å². The van der Waals surface area contributed by atoms with Gasteiger partial charge in [0, 0.05) is 44.6 Å². The van der Waals surface area contributed by atoms with Crippen molar-refractivity contribution in [3.63, 3.8) is 0 Å². The van der Waals surface area contributed by atoms with Gasteiger partial charge in [-0.3, -0.25) is 9.59 Å². The fourth-order valence-electron chi connectivity index (χ4n) is 8.77. The van der Waals surface area contributed by atoms with Gasteiger partial charge < -0.3 is 69.5 Å². The molecule has 6 N–H and O–H groups in total. The highest BCUT2D eigenvalue weighted by atomic mass is 16.7. The molecular formula is C49H57N5O14. The average Bonchev–Trinajstić information content (AvgIpc) is 3.97. The number of hydrogen-bond donors (Lipinski definition) is 6. The van der Waals surface area contributed by atoms with E-state index >= 15 is 0 Å². The monoisotopic (exact) mass is 939 g/mol. The van der Waals surface area contributed by atoms with Crippen molar-refractivity contribution in [1.29, 1.82) is 0 Å². The molecule has 4 amide bonds. The molecule has 0 aromatic heterocycles. The van der Waals surface area contributed by atoms with Crippen molar-refractivity contribution in [2.75, 3.05) is 66.3 Å². The Morgan fingerprint density at radius 1 is 0.750 bits per heavy atom. The molecule has 3 aliphatic rings. The summed E-state index contributed by atoms with van der Waals surface area (Å²) < 4.78 is 33.2. The molecule has 2 heterocycles. The molecule has 4 atom stereocenters. The molecule has 0 bridgehead atoms. The normalized spacial score (nSPS) is 17.5. The Bertz CT molecular complexity index is 2390. The minimum absolute atomic E-state index is 0.00546. The Hall–Kier alpha value is -7.41. The average molecular weight is 940 g/mol. The van der Waals surface area contributed by atoms with Gasteiger partial charge in [0.25, 0.3) is 0 Å². The summed E-state index contributed by atoms with van der Waals surface area (Å²) in [7, 11) is 1.36. The maximum Gasteiger partial charge on any atom is 0.410 e. The molecule has 4 unspecified atom stereocenters. The SMILES string of the molecule is COc1cc(C2c3cc4c(cc3C(NC(=O)CNCCCN(CCCCN(CCCNC(=O)OCc3ccccc3)C(=O)O)C(=O)OCc3ccccc3)C3COC(=O)C23)OCO4)cc(O)c1O. The summed E-state index contributed by atoms with van der Waals surface area (Å²) in [6.07, 6.45) is -0.391. The van der Waals surface area contributed by atoms with E-state index in [0.717, 1.165) is 11.1 Å². The van der Waals surface area contributed by atoms with E-state index in [1.54, 1.807) is 23.1 Å². The highest BCUT2D eigenvalue weighted by Crippen LogP contribution is 2.55. The Balaban J connectivity index is 0.911. The van der Waals surface area contributed by atoms with E-state index in [4.69, 9.17) is 28.4 Å². The smallest absolute Gasteiger partial charge is 0.410 e. The zero-order valence-corrected chi connectivity index (χ0v) is 37.7. The van der Waals surface area contributed by atoms with Gasteiger partial charge in [0.15, 0.2) is 23.0 Å². The Morgan fingerprint density at radius 2 is 1.37 bits per heavy atom. The van der Waals surface area contributed by atoms with Crippen LogP contribution < -0.4 is 30.2 Å². The fraction of sp³-hybridized carbons (Fsp3) is 0.408. The lowest BCUT2D eigenvalue weighted by Crippen LogP contribution is -2.45. The van der Waals surface area contributed by atoms with Gasteiger partial charge in [-0.15, -0.1) is 0 Å². The molecule has 0 radical (unpaired) electrons.